The predicted molar refractivity (Wildman–Crippen MR) is 79.3 cm³/mol. The first-order valence-electron chi connectivity index (χ1n) is 6.66. The molecule has 0 aliphatic rings. The zero-order chi connectivity index (χ0) is 15.2. The van der Waals surface area contributed by atoms with E-state index in [1.54, 1.807) is 36.4 Å². The fourth-order valence-corrected chi connectivity index (χ4v) is 1.82. The summed E-state index contributed by atoms with van der Waals surface area (Å²) in [5, 5.41) is 9.66. The Labute approximate surface area is 123 Å². The van der Waals surface area contributed by atoms with Gasteiger partial charge in [-0.3, -0.25) is 9.67 Å². The van der Waals surface area contributed by atoms with Crippen LogP contribution in [-0.2, 0) is 7.05 Å². The molecular formula is C14H19N5O2. The van der Waals surface area contributed by atoms with Crippen molar-refractivity contribution in [2.45, 2.75) is 20.0 Å². The number of aromatic nitrogens is 3. The van der Waals surface area contributed by atoms with Gasteiger partial charge in [-0.25, -0.2) is 4.79 Å². The normalized spacial score (nSPS) is 11.8. The van der Waals surface area contributed by atoms with E-state index in [-0.39, 0.29) is 12.1 Å². The first-order chi connectivity index (χ1) is 10.0. The van der Waals surface area contributed by atoms with E-state index in [0.29, 0.717) is 18.0 Å². The predicted octanol–water partition coefficient (Wildman–Crippen LogP) is 1.71. The third-order valence-electron chi connectivity index (χ3n) is 2.78. The average Bonchev–Trinajstić information content (AvgIpc) is 2.76. The van der Waals surface area contributed by atoms with Crippen LogP contribution in [-0.4, -0.2) is 33.4 Å². The summed E-state index contributed by atoms with van der Waals surface area (Å²) in [7, 11) is 1.81. The summed E-state index contributed by atoms with van der Waals surface area (Å²) in [6, 6.07) is 3.34. The van der Waals surface area contributed by atoms with E-state index in [0.717, 1.165) is 5.69 Å². The Morgan fingerprint density at radius 2 is 2.33 bits per heavy atom. The molecule has 2 amide bonds. The number of nitrogens with zero attached hydrogens (tertiary/aromatic N) is 3. The molecule has 7 heteroatoms. The second-order valence-electron chi connectivity index (χ2n) is 4.75. The number of anilines is 1. The number of amides is 2. The quantitative estimate of drug-likeness (QED) is 0.878. The Morgan fingerprint density at radius 1 is 1.52 bits per heavy atom. The molecule has 21 heavy (non-hydrogen) atoms. The first-order valence-corrected chi connectivity index (χ1v) is 6.66. The van der Waals surface area contributed by atoms with E-state index in [4.69, 9.17) is 4.74 Å². The van der Waals surface area contributed by atoms with Crippen molar-refractivity contribution in [3.63, 3.8) is 0 Å². The van der Waals surface area contributed by atoms with Crippen LogP contribution in [0.1, 0.15) is 12.6 Å². The Morgan fingerprint density at radius 3 is 2.95 bits per heavy atom. The molecule has 2 aromatic heterocycles. The fourth-order valence-electron chi connectivity index (χ4n) is 1.82. The van der Waals surface area contributed by atoms with Crippen LogP contribution < -0.4 is 15.4 Å². The van der Waals surface area contributed by atoms with Gasteiger partial charge < -0.3 is 15.4 Å². The van der Waals surface area contributed by atoms with Crippen LogP contribution in [0, 0.1) is 6.92 Å². The minimum absolute atomic E-state index is 0.157. The van der Waals surface area contributed by atoms with E-state index in [1.165, 1.54) is 0 Å². The third kappa shape index (κ3) is 4.48. The number of carbonyl (C=O) groups excluding carboxylic acids is 1. The first kappa shape index (κ1) is 14.8. The lowest BCUT2D eigenvalue weighted by molar-refractivity contribution is 0.211. The molecule has 0 fully saturated rings. The number of pyridine rings is 1. The highest BCUT2D eigenvalue weighted by molar-refractivity contribution is 5.89. The molecule has 0 bridgehead atoms. The van der Waals surface area contributed by atoms with E-state index in [1.807, 2.05) is 19.9 Å². The summed E-state index contributed by atoms with van der Waals surface area (Å²) in [4.78, 5) is 15.8. The molecule has 112 valence electrons. The van der Waals surface area contributed by atoms with Crippen molar-refractivity contribution in [1.29, 1.82) is 0 Å². The Bertz CT molecular complexity index is 597. The van der Waals surface area contributed by atoms with Crippen molar-refractivity contribution in [2.24, 2.45) is 7.05 Å². The van der Waals surface area contributed by atoms with E-state index in [2.05, 4.69) is 20.7 Å². The van der Waals surface area contributed by atoms with Gasteiger partial charge in [0.15, 0.2) is 0 Å². The molecule has 1 unspecified atom stereocenters. The topological polar surface area (TPSA) is 81.1 Å². The van der Waals surface area contributed by atoms with Crippen LogP contribution in [0.5, 0.6) is 5.75 Å². The van der Waals surface area contributed by atoms with Gasteiger partial charge in [0.05, 0.1) is 24.1 Å². The highest BCUT2D eigenvalue weighted by Gasteiger charge is 2.09. The molecule has 0 aromatic carbocycles. The Kier molecular flexibility index (Phi) is 4.76. The van der Waals surface area contributed by atoms with Gasteiger partial charge in [0, 0.05) is 19.4 Å². The standard InChI is InChI=1S/C14H19N5O2/c1-10(21-12-5-4-6-15-8-12)7-16-14(20)17-13-9-19(3)18-11(13)2/h4-6,8-10H,7H2,1-3H3,(H2,16,17,20). The van der Waals surface area contributed by atoms with Gasteiger partial charge in [0.2, 0.25) is 0 Å². The summed E-state index contributed by atoms with van der Waals surface area (Å²) < 4.78 is 7.27. The summed E-state index contributed by atoms with van der Waals surface area (Å²) in [6.45, 7) is 4.10. The van der Waals surface area contributed by atoms with Gasteiger partial charge in [-0.15, -0.1) is 0 Å². The van der Waals surface area contributed by atoms with Gasteiger partial charge in [-0.05, 0) is 26.0 Å². The van der Waals surface area contributed by atoms with Crippen LogP contribution in [0.2, 0.25) is 0 Å². The molecule has 2 N–H and O–H groups in total. The summed E-state index contributed by atoms with van der Waals surface area (Å²) >= 11 is 0. The lowest BCUT2D eigenvalue weighted by atomic mass is 10.4. The lowest BCUT2D eigenvalue weighted by Crippen LogP contribution is -2.36. The van der Waals surface area contributed by atoms with Crippen molar-refractivity contribution in [3.8, 4) is 5.75 Å². The number of carbonyl (C=O) groups is 1. The number of ether oxygens (including phenoxy) is 1. The lowest BCUT2D eigenvalue weighted by Gasteiger charge is -2.15. The van der Waals surface area contributed by atoms with Gasteiger partial charge >= 0.3 is 6.03 Å². The van der Waals surface area contributed by atoms with Crippen molar-refractivity contribution in [3.05, 3.63) is 36.4 Å². The molecule has 0 aliphatic heterocycles. The van der Waals surface area contributed by atoms with Crippen LogP contribution >= 0.6 is 0 Å². The summed E-state index contributed by atoms with van der Waals surface area (Å²) in [5.41, 5.74) is 1.46. The monoisotopic (exact) mass is 289 g/mol. The fraction of sp³-hybridized carbons (Fsp3) is 0.357. The minimum Gasteiger partial charge on any atom is -0.487 e. The van der Waals surface area contributed by atoms with Crippen LogP contribution in [0.4, 0.5) is 10.5 Å². The smallest absolute Gasteiger partial charge is 0.319 e. The van der Waals surface area contributed by atoms with Gasteiger partial charge in [-0.2, -0.15) is 5.10 Å². The molecule has 0 radical (unpaired) electrons. The molecule has 0 aliphatic carbocycles. The Balaban J connectivity index is 1.77. The highest BCUT2D eigenvalue weighted by Crippen LogP contribution is 2.11. The number of hydrogen-bond acceptors (Lipinski definition) is 4. The van der Waals surface area contributed by atoms with Crippen molar-refractivity contribution in [2.75, 3.05) is 11.9 Å². The van der Waals surface area contributed by atoms with Gasteiger partial charge in [-0.1, -0.05) is 0 Å². The maximum atomic E-state index is 11.8. The van der Waals surface area contributed by atoms with E-state index >= 15 is 0 Å². The molecule has 2 rings (SSSR count). The second-order valence-corrected chi connectivity index (χ2v) is 4.75. The summed E-state index contributed by atoms with van der Waals surface area (Å²) in [6.07, 6.45) is 4.91. The highest BCUT2D eigenvalue weighted by atomic mass is 16.5. The minimum atomic E-state index is -0.285. The molecule has 0 saturated heterocycles. The van der Waals surface area contributed by atoms with E-state index in [9.17, 15) is 4.79 Å². The van der Waals surface area contributed by atoms with E-state index < -0.39 is 0 Å². The zero-order valence-corrected chi connectivity index (χ0v) is 12.3. The number of urea groups is 1. The van der Waals surface area contributed by atoms with Crippen molar-refractivity contribution < 1.29 is 9.53 Å². The SMILES string of the molecule is Cc1nn(C)cc1NC(=O)NCC(C)Oc1cccnc1. The van der Waals surface area contributed by atoms with Crippen LogP contribution in [0.15, 0.2) is 30.7 Å². The molecule has 2 aromatic rings. The molecule has 7 nitrogen and oxygen atoms in total. The van der Waals surface area contributed by atoms with Crippen LogP contribution in [0.25, 0.3) is 0 Å². The Hall–Kier alpha value is -2.57. The molecule has 0 spiro atoms. The summed E-state index contributed by atoms with van der Waals surface area (Å²) in [5.74, 6) is 0.676. The molecular weight excluding hydrogens is 270 g/mol. The average molecular weight is 289 g/mol. The maximum absolute atomic E-state index is 11.8. The van der Waals surface area contributed by atoms with Crippen LogP contribution in [0.3, 0.4) is 0 Å². The van der Waals surface area contributed by atoms with Gasteiger partial charge in [0.25, 0.3) is 0 Å². The second kappa shape index (κ2) is 6.74. The van der Waals surface area contributed by atoms with Crippen molar-refractivity contribution in [1.82, 2.24) is 20.1 Å². The molecule has 2 heterocycles. The largest absolute Gasteiger partial charge is 0.487 e. The zero-order valence-electron chi connectivity index (χ0n) is 12.3. The molecule has 0 saturated carbocycles. The number of hydrogen-bond donors (Lipinski definition) is 2. The molecule has 1 atom stereocenters. The van der Waals surface area contributed by atoms with Crippen molar-refractivity contribution >= 4 is 11.7 Å². The third-order valence-corrected chi connectivity index (χ3v) is 2.78. The maximum Gasteiger partial charge on any atom is 0.319 e. The van der Waals surface area contributed by atoms with Gasteiger partial charge in [0.1, 0.15) is 11.9 Å². The number of nitrogens with one attached hydrogen (secondary N) is 2. The number of aryl methyl sites for hydroxylation is 2. The number of rotatable bonds is 5.